The van der Waals surface area contributed by atoms with Crippen molar-refractivity contribution in [3.8, 4) is 11.4 Å². The number of hydrogen-bond donors (Lipinski definition) is 2. The normalized spacial score (nSPS) is 25.5. The van der Waals surface area contributed by atoms with Gasteiger partial charge in [-0.3, -0.25) is 15.8 Å². The number of aromatic nitrogens is 2. The van der Waals surface area contributed by atoms with Crippen molar-refractivity contribution < 1.29 is 4.74 Å². The lowest BCUT2D eigenvalue weighted by Gasteiger charge is -2.36. The maximum Gasteiger partial charge on any atom is 0.127 e. The Hall–Kier alpha value is -1.54. The number of nitrogens with zero attached hydrogens (tertiary/aromatic N) is 3. The van der Waals surface area contributed by atoms with Gasteiger partial charge in [0.1, 0.15) is 11.6 Å². The number of nitrogens with one attached hydrogen (secondary N) is 2. The quantitative estimate of drug-likeness (QED) is 0.760. The Kier molecular flexibility index (Phi) is 6.02. The van der Waals surface area contributed by atoms with E-state index in [1.54, 1.807) is 7.11 Å². The fraction of sp³-hybridized carbons (Fsp3) is 0.550. The maximum absolute atomic E-state index is 5.27. The lowest BCUT2D eigenvalue weighted by Crippen LogP contribution is -2.46. The molecular weight excluding hydrogens is 358 g/mol. The van der Waals surface area contributed by atoms with Gasteiger partial charge in [0.05, 0.1) is 13.7 Å². The van der Waals surface area contributed by atoms with E-state index in [1.807, 2.05) is 36.3 Å². The van der Waals surface area contributed by atoms with Gasteiger partial charge in [-0.2, -0.15) is 11.8 Å². The topological polar surface area (TPSA) is 54.4 Å². The van der Waals surface area contributed by atoms with E-state index in [1.165, 1.54) is 18.6 Å². The molecule has 2 aliphatic rings. The van der Waals surface area contributed by atoms with Crippen LogP contribution in [0.2, 0.25) is 0 Å². The van der Waals surface area contributed by atoms with Crippen molar-refractivity contribution in [3.63, 3.8) is 0 Å². The molecule has 4 rings (SSSR count). The number of methoxy groups -OCH3 is 1. The van der Waals surface area contributed by atoms with Crippen LogP contribution in [0.4, 0.5) is 0 Å². The molecule has 2 aromatic rings. The summed E-state index contributed by atoms with van der Waals surface area (Å²) in [7, 11) is 1.69. The Morgan fingerprint density at radius 1 is 1.26 bits per heavy atom. The van der Waals surface area contributed by atoms with E-state index < -0.39 is 0 Å². The Balaban J connectivity index is 1.43. The van der Waals surface area contributed by atoms with Crippen LogP contribution in [0, 0.1) is 5.92 Å². The molecule has 3 atom stereocenters. The van der Waals surface area contributed by atoms with Crippen molar-refractivity contribution in [3.05, 3.63) is 42.5 Å². The first-order valence-corrected chi connectivity index (χ1v) is 11.1. The summed E-state index contributed by atoms with van der Waals surface area (Å²) >= 11 is 1.93. The molecule has 27 heavy (non-hydrogen) atoms. The highest BCUT2D eigenvalue weighted by Gasteiger charge is 2.39. The van der Waals surface area contributed by atoms with Crippen LogP contribution in [0.1, 0.15) is 18.7 Å². The number of thioether (sulfide) groups is 1. The molecular formula is C20H29N5OS. The Morgan fingerprint density at radius 2 is 2.11 bits per heavy atom. The molecule has 1 aromatic carbocycles. The van der Waals surface area contributed by atoms with E-state index in [0.717, 1.165) is 36.9 Å². The van der Waals surface area contributed by atoms with Crippen molar-refractivity contribution in [1.29, 1.82) is 0 Å². The number of fused-ring (bicyclic) bond motifs is 1. The number of hydrogen-bond acceptors (Lipinski definition) is 6. The minimum Gasteiger partial charge on any atom is -0.497 e. The third-order valence-corrected chi connectivity index (χ3v) is 6.42. The van der Waals surface area contributed by atoms with E-state index in [4.69, 9.17) is 4.74 Å². The Labute approximate surface area is 165 Å². The zero-order valence-electron chi connectivity index (χ0n) is 16.1. The van der Waals surface area contributed by atoms with Gasteiger partial charge in [-0.05, 0) is 49.1 Å². The Bertz CT molecular complexity index is 734. The molecule has 6 nitrogen and oxygen atoms in total. The third kappa shape index (κ3) is 4.16. The molecule has 2 fully saturated rings. The van der Waals surface area contributed by atoms with E-state index in [-0.39, 0.29) is 0 Å². The standard InChI is InChI=1S/C20H29N5OS/c1-26-16-5-3-15(4-6-16)25-11-9-21-20(25)14-24-10-7-18-17(13-24)19(23-22-18)8-12-27-2/h3-6,9,11,17-19,22-23H,7-8,10,12-14H2,1-2H3. The maximum atomic E-state index is 5.27. The van der Waals surface area contributed by atoms with Gasteiger partial charge in [-0.1, -0.05) is 0 Å². The molecule has 0 spiro atoms. The highest BCUT2D eigenvalue weighted by atomic mass is 32.2. The molecule has 0 saturated carbocycles. The minimum absolute atomic E-state index is 0.576. The van der Waals surface area contributed by atoms with Crippen molar-refractivity contribution in [2.45, 2.75) is 31.5 Å². The summed E-state index contributed by atoms with van der Waals surface area (Å²) in [5.41, 5.74) is 8.19. The van der Waals surface area contributed by atoms with Gasteiger partial charge in [0.15, 0.2) is 0 Å². The van der Waals surface area contributed by atoms with Crippen molar-refractivity contribution >= 4 is 11.8 Å². The SMILES string of the molecule is COc1ccc(-n2ccnc2CN2CCC3NNC(CCSC)C3C2)cc1. The highest BCUT2D eigenvalue weighted by molar-refractivity contribution is 7.98. The van der Waals surface area contributed by atoms with Gasteiger partial charge in [-0.25, -0.2) is 4.98 Å². The molecule has 0 amide bonds. The van der Waals surface area contributed by atoms with Gasteiger partial charge in [0.2, 0.25) is 0 Å². The monoisotopic (exact) mass is 387 g/mol. The number of benzene rings is 1. The van der Waals surface area contributed by atoms with E-state index in [9.17, 15) is 0 Å². The van der Waals surface area contributed by atoms with Crippen LogP contribution in [0.3, 0.4) is 0 Å². The van der Waals surface area contributed by atoms with E-state index in [0.29, 0.717) is 18.0 Å². The highest BCUT2D eigenvalue weighted by Crippen LogP contribution is 2.27. The number of imidazole rings is 1. The summed E-state index contributed by atoms with van der Waals surface area (Å²) < 4.78 is 7.45. The molecule has 0 bridgehead atoms. The van der Waals surface area contributed by atoms with Crippen molar-refractivity contribution in [2.75, 3.05) is 32.2 Å². The number of piperidine rings is 1. The van der Waals surface area contributed by atoms with Gasteiger partial charge < -0.3 is 9.30 Å². The van der Waals surface area contributed by atoms with Crippen LogP contribution in [0.15, 0.2) is 36.7 Å². The predicted octanol–water partition coefficient (Wildman–Crippen LogP) is 2.30. The summed E-state index contributed by atoms with van der Waals surface area (Å²) in [6, 6.07) is 9.34. The fourth-order valence-corrected chi connectivity index (χ4v) is 4.75. The summed E-state index contributed by atoms with van der Waals surface area (Å²) in [5, 5.41) is 0. The van der Waals surface area contributed by atoms with Crippen LogP contribution >= 0.6 is 11.8 Å². The second-order valence-electron chi connectivity index (χ2n) is 7.38. The smallest absolute Gasteiger partial charge is 0.127 e. The number of rotatable bonds is 7. The average Bonchev–Trinajstić information content (AvgIpc) is 3.33. The molecule has 0 aliphatic carbocycles. The van der Waals surface area contributed by atoms with Crippen LogP contribution in [0.25, 0.3) is 5.69 Å². The molecule has 2 saturated heterocycles. The fourth-order valence-electron chi connectivity index (χ4n) is 4.26. The first kappa shape index (κ1) is 18.8. The number of ether oxygens (including phenoxy) is 1. The molecule has 146 valence electrons. The third-order valence-electron chi connectivity index (χ3n) is 5.78. The van der Waals surface area contributed by atoms with Crippen LogP contribution in [0.5, 0.6) is 5.75 Å². The summed E-state index contributed by atoms with van der Waals surface area (Å²) in [4.78, 5) is 7.20. The lowest BCUT2D eigenvalue weighted by molar-refractivity contribution is 0.144. The largest absolute Gasteiger partial charge is 0.497 e. The molecule has 3 unspecified atom stereocenters. The molecule has 7 heteroatoms. The van der Waals surface area contributed by atoms with Gasteiger partial charge >= 0.3 is 0 Å². The number of hydrazine groups is 1. The summed E-state index contributed by atoms with van der Waals surface area (Å²) in [6.07, 6.45) is 8.54. The molecule has 2 N–H and O–H groups in total. The van der Waals surface area contributed by atoms with Crippen LogP contribution < -0.4 is 15.6 Å². The number of likely N-dealkylation sites (tertiary alicyclic amines) is 1. The molecule has 1 aromatic heterocycles. The second-order valence-corrected chi connectivity index (χ2v) is 8.37. The Morgan fingerprint density at radius 3 is 2.89 bits per heavy atom. The zero-order valence-corrected chi connectivity index (χ0v) is 16.9. The zero-order chi connectivity index (χ0) is 18.6. The van der Waals surface area contributed by atoms with E-state index in [2.05, 4.69) is 43.7 Å². The first-order chi connectivity index (χ1) is 13.3. The van der Waals surface area contributed by atoms with Crippen molar-refractivity contribution in [1.82, 2.24) is 25.3 Å². The van der Waals surface area contributed by atoms with Crippen molar-refractivity contribution in [2.24, 2.45) is 5.92 Å². The average molecular weight is 388 g/mol. The van der Waals surface area contributed by atoms with Gasteiger partial charge in [0, 0.05) is 49.2 Å². The van der Waals surface area contributed by atoms with Gasteiger partial charge in [0.25, 0.3) is 0 Å². The second kappa shape index (κ2) is 8.65. The van der Waals surface area contributed by atoms with Gasteiger partial charge in [-0.15, -0.1) is 0 Å². The predicted molar refractivity (Wildman–Crippen MR) is 110 cm³/mol. The van der Waals surface area contributed by atoms with Crippen LogP contribution in [-0.4, -0.2) is 58.7 Å². The minimum atomic E-state index is 0.576. The first-order valence-electron chi connectivity index (χ1n) is 9.67. The summed E-state index contributed by atoms with van der Waals surface area (Å²) in [6.45, 7) is 3.12. The molecule has 0 radical (unpaired) electrons. The lowest BCUT2D eigenvalue weighted by atomic mass is 9.87. The summed E-state index contributed by atoms with van der Waals surface area (Å²) in [5.74, 6) is 3.86. The molecule has 3 heterocycles. The van der Waals surface area contributed by atoms with E-state index >= 15 is 0 Å². The van der Waals surface area contributed by atoms with Crippen LogP contribution in [-0.2, 0) is 6.54 Å². The molecule has 2 aliphatic heterocycles.